The Morgan fingerprint density at radius 1 is 1.12 bits per heavy atom. The van der Waals surface area contributed by atoms with Crippen LogP contribution in [0.5, 0.6) is 0 Å². The molecule has 0 bridgehead atoms. The highest BCUT2D eigenvalue weighted by Crippen LogP contribution is 2.32. The first-order valence-electron chi connectivity index (χ1n) is 4.17. The summed E-state index contributed by atoms with van der Waals surface area (Å²) in [6.07, 6.45) is -3.58. The highest BCUT2D eigenvalue weighted by atomic mass is 19.4. The molecule has 1 aromatic rings. The Labute approximate surface area is 89.8 Å². The Kier molecular flexibility index (Phi) is 3.32. The highest BCUT2D eigenvalue weighted by molar-refractivity contribution is 5.64. The third-order valence-corrected chi connectivity index (χ3v) is 1.81. The Balaban J connectivity index is 3.33. The first kappa shape index (κ1) is 11.8. The lowest BCUT2D eigenvalue weighted by molar-refractivity contribution is -0.137. The smallest absolute Gasteiger partial charge is 0.192 e. The SMILES string of the molecule is N#CC(C#N)=Cc1ccccc1C(F)(F)F. The van der Waals surface area contributed by atoms with Crippen molar-refractivity contribution in [2.75, 3.05) is 0 Å². The van der Waals surface area contributed by atoms with Crippen molar-refractivity contribution in [3.63, 3.8) is 0 Å². The van der Waals surface area contributed by atoms with Gasteiger partial charge in [0.2, 0.25) is 0 Å². The summed E-state index contributed by atoms with van der Waals surface area (Å²) in [7, 11) is 0. The minimum atomic E-state index is -4.50. The number of alkyl halides is 3. The first-order chi connectivity index (χ1) is 7.49. The van der Waals surface area contributed by atoms with Crippen LogP contribution >= 0.6 is 0 Å². The van der Waals surface area contributed by atoms with Gasteiger partial charge in [0, 0.05) is 0 Å². The molecule has 0 unspecified atom stereocenters. The van der Waals surface area contributed by atoms with Gasteiger partial charge in [-0.3, -0.25) is 0 Å². The molecule has 0 radical (unpaired) electrons. The molecule has 0 aliphatic rings. The van der Waals surface area contributed by atoms with E-state index >= 15 is 0 Å². The van der Waals surface area contributed by atoms with Crippen LogP contribution in [0, 0.1) is 22.7 Å². The largest absolute Gasteiger partial charge is 0.416 e. The molecule has 0 aromatic heterocycles. The molecule has 2 nitrogen and oxygen atoms in total. The third kappa shape index (κ3) is 2.61. The molecule has 5 heteroatoms. The summed E-state index contributed by atoms with van der Waals surface area (Å²) in [5.74, 6) is 0. The molecular weight excluding hydrogens is 217 g/mol. The second kappa shape index (κ2) is 4.50. The van der Waals surface area contributed by atoms with Crippen LogP contribution in [0.4, 0.5) is 13.2 Å². The van der Waals surface area contributed by atoms with E-state index in [2.05, 4.69) is 0 Å². The van der Waals surface area contributed by atoms with Crippen LogP contribution < -0.4 is 0 Å². The summed E-state index contributed by atoms with van der Waals surface area (Å²) in [5.41, 5.74) is -1.41. The van der Waals surface area contributed by atoms with Gasteiger partial charge in [-0.1, -0.05) is 18.2 Å². The van der Waals surface area contributed by atoms with E-state index in [-0.39, 0.29) is 11.1 Å². The van der Waals surface area contributed by atoms with E-state index in [9.17, 15) is 13.2 Å². The standard InChI is InChI=1S/C11H5F3N2/c12-11(13,14)10-4-2-1-3-9(10)5-8(6-15)7-16/h1-5H. The number of hydrogen-bond donors (Lipinski definition) is 0. The van der Waals surface area contributed by atoms with Crippen LogP contribution in [0.15, 0.2) is 29.8 Å². The maximum Gasteiger partial charge on any atom is 0.416 e. The Hall–Kier alpha value is -2.27. The molecule has 0 atom stereocenters. The molecule has 1 rings (SSSR count). The predicted molar refractivity (Wildman–Crippen MR) is 50.6 cm³/mol. The zero-order chi connectivity index (χ0) is 12.2. The average molecular weight is 222 g/mol. The van der Waals surface area contributed by atoms with Crippen molar-refractivity contribution in [2.24, 2.45) is 0 Å². The molecule has 0 amide bonds. The zero-order valence-corrected chi connectivity index (χ0v) is 7.92. The highest BCUT2D eigenvalue weighted by Gasteiger charge is 2.32. The van der Waals surface area contributed by atoms with Crippen molar-refractivity contribution in [1.82, 2.24) is 0 Å². The number of halogens is 3. The Bertz CT molecular complexity index is 485. The number of benzene rings is 1. The van der Waals surface area contributed by atoms with Gasteiger partial charge in [0.05, 0.1) is 5.56 Å². The lowest BCUT2D eigenvalue weighted by atomic mass is 10.0. The average Bonchev–Trinajstić information content (AvgIpc) is 2.25. The van der Waals surface area contributed by atoms with Crippen LogP contribution in [0.1, 0.15) is 11.1 Å². The fourth-order valence-corrected chi connectivity index (χ4v) is 1.13. The van der Waals surface area contributed by atoms with Crippen LogP contribution in [0.25, 0.3) is 6.08 Å². The van der Waals surface area contributed by atoms with E-state index in [0.717, 1.165) is 12.1 Å². The van der Waals surface area contributed by atoms with Crippen LogP contribution in [0.3, 0.4) is 0 Å². The van der Waals surface area contributed by atoms with E-state index in [1.165, 1.54) is 30.3 Å². The normalized spacial score (nSPS) is 10.1. The maximum absolute atomic E-state index is 12.5. The molecule has 0 aliphatic heterocycles. The van der Waals surface area contributed by atoms with Crippen molar-refractivity contribution in [1.29, 1.82) is 10.5 Å². The second-order valence-electron chi connectivity index (χ2n) is 2.87. The van der Waals surface area contributed by atoms with Gasteiger partial charge in [-0.05, 0) is 17.7 Å². The minimum Gasteiger partial charge on any atom is -0.192 e. The maximum atomic E-state index is 12.5. The van der Waals surface area contributed by atoms with Crippen LogP contribution in [-0.4, -0.2) is 0 Å². The van der Waals surface area contributed by atoms with Crippen molar-refractivity contribution in [3.8, 4) is 12.1 Å². The molecule has 80 valence electrons. The number of nitriles is 2. The number of rotatable bonds is 1. The fraction of sp³-hybridized carbons (Fsp3) is 0.0909. The lowest BCUT2D eigenvalue weighted by Gasteiger charge is -2.09. The van der Waals surface area contributed by atoms with E-state index in [4.69, 9.17) is 10.5 Å². The molecule has 1 aromatic carbocycles. The van der Waals surface area contributed by atoms with E-state index in [1.54, 1.807) is 0 Å². The van der Waals surface area contributed by atoms with Crippen molar-refractivity contribution < 1.29 is 13.2 Å². The van der Waals surface area contributed by atoms with Gasteiger partial charge in [0.25, 0.3) is 0 Å². The van der Waals surface area contributed by atoms with E-state index in [1.807, 2.05) is 0 Å². The van der Waals surface area contributed by atoms with Gasteiger partial charge >= 0.3 is 6.18 Å². The lowest BCUT2D eigenvalue weighted by Crippen LogP contribution is -2.06. The molecule has 16 heavy (non-hydrogen) atoms. The molecule has 0 saturated carbocycles. The molecule has 0 saturated heterocycles. The number of nitrogens with zero attached hydrogens (tertiary/aromatic N) is 2. The second-order valence-corrected chi connectivity index (χ2v) is 2.87. The summed E-state index contributed by atoms with van der Waals surface area (Å²) in [5, 5.41) is 16.9. The third-order valence-electron chi connectivity index (χ3n) is 1.81. The molecule has 0 N–H and O–H groups in total. The Morgan fingerprint density at radius 2 is 1.69 bits per heavy atom. The van der Waals surface area contributed by atoms with Crippen molar-refractivity contribution in [2.45, 2.75) is 6.18 Å². The molecule has 0 heterocycles. The number of allylic oxidation sites excluding steroid dienone is 1. The molecule has 0 spiro atoms. The first-order valence-corrected chi connectivity index (χ1v) is 4.17. The molecular formula is C11H5F3N2. The topological polar surface area (TPSA) is 47.6 Å². The van der Waals surface area contributed by atoms with Gasteiger partial charge in [0.15, 0.2) is 0 Å². The van der Waals surface area contributed by atoms with Crippen molar-refractivity contribution >= 4 is 6.08 Å². The zero-order valence-electron chi connectivity index (χ0n) is 7.92. The quantitative estimate of drug-likeness (QED) is 0.685. The van der Waals surface area contributed by atoms with Gasteiger partial charge in [-0.25, -0.2) is 0 Å². The minimum absolute atomic E-state index is 0.187. The summed E-state index contributed by atoms with van der Waals surface area (Å²) in [6, 6.07) is 7.79. The monoisotopic (exact) mass is 222 g/mol. The predicted octanol–water partition coefficient (Wildman–Crippen LogP) is 3.14. The summed E-state index contributed by atoms with van der Waals surface area (Å²) in [4.78, 5) is 0. The van der Waals surface area contributed by atoms with Crippen LogP contribution in [-0.2, 0) is 6.18 Å². The van der Waals surface area contributed by atoms with Gasteiger partial charge in [0.1, 0.15) is 17.7 Å². The Morgan fingerprint density at radius 3 is 2.19 bits per heavy atom. The molecule has 0 fully saturated rings. The summed E-state index contributed by atoms with van der Waals surface area (Å²) >= 11 is 0. The van der Waals surface area contributed by atoms with Gasteiger partial charge in [-0.2, -0.15) is 23.7 Å². The summed E-state index contributed by atoms with van der Waals surface area (Å²) in [6.45, 7) is 0. The number of hydrogen-bond acceptors (Lipinski definition) is 2. The molecule has 0 aliphatic carbocycles. The van der Waals surface area contributed by atoms with E-state index < -0.39 is 11.7 Å². The van der Waals surface area contributed by atoms with Crippen LogP contribution in [0.2, 0.25) is 0 Å². The fourth-order valence-electron chi connectivity index (χ4n) is 1.13. The summed E-state index contributed by atoms with van der Waals surface area (Å²) < 4.78 is 37.5. The van der Waals surface area contributed by atoms with Gasteiger partial charge < -0.3 is 0 Å². The van der Waals surface area contributed by atoms with Crippen molar-refractivity contribution in [3.05, 3.63) is 41.0 Å². The van der Waals surface area contributed by atoms with Gasteiger partial charge in [-0.15, -0.1) is 0 Å². The van der Waals surface area contributed by atoms with E-state index in [0.29, 0.717) is 0 Å².